The third-order valence-electron chi connectivity index (χ3n) is 2.02. The molecule has 5 nitrogen and oxygen atoms in total. The van der Waals surface area contributed by atoms with Crippen molar-refractivity contribution in [2.45, 2.75) is 19.4 Å². The van der Waals surface area contributed by atoms with E-state index in [1.807, 2.05) is 11.6 Å². The Morgan fingerprint density at radius 3 is 3.13 bits per heavy atom. The van der Waals surface area contributed by atoms with E-state index in [9.17, 15) is 0 Å². The van der Waals surface area contributed by atoms with E-state index < -0.39 is 0 Å². The molecule has 2 aromatic rings. The second kappa shape index (κ2) is 4.99. The number of nitrogens with zero attached hydrogens (tertiary/aromatic N) is 3. The van der Waals surface area contributed by atoms with Gasteiger partial charge in [0, 0.05) is 24.5 Å². The lowest BCUT2D eigenvalue weighted by atomic mass is 10.3. The monoisotopic (exact) mass is 224 g/mol. The Bertz CT molecular complexity index is 373. The van der Waals surface area contributed by atoms with Crippen molar-refractivity contribution in [1.82, 2.24) is 20.4 Å². The SMILES string of the molecule is CC(NCCc1ncno1)c1nccs1. The molecule has 0 amide bonds. The van der Waals surface area contributed by atoms with Gasteiger partial charge in [0.25, 0.3) is 0 Å². The molecule has 1 N–H and O–H groups in total. The van der Waals surface area contributed by atoms with Crippen molar-refractivity contribution >= 4 is 11.3 Å². The van der Waals surface area contributed by atoms with Gasteiger partial charge in [-0.05, 0) is 6.92 Å². The highest BCUT2D eigenvalue weighted by Gasteiger charge is 2.07. The Balaban J connectivity index is 1.74. The summed E-state index contributed by atoms with van der Waals surface area (Å²) in [6.45, 7) is 2.90. The van der Waals surface area contributed by atoms with Crippen LogP contribution in [0.4, 0.5) is 0 Å². The normalized spacial score (nSPS) is 12.9. The Morgan fingerprint density at radius 1 is 1.53 bits per heavy atom. The third-order valence-corrected chi connectivity index (χ3v) is 2.98. The van der Waals surface area contributed by atoms with Gasteiger partial charge in [0.2, 0.25) is 5.89 Å². The minimum absolute atomic E-state index is 0.271. The molecule has 0 spiro atoms. The summed E-state index contributed by atoms with van der Waals surface area (Å²) >= 11 is 1.65. The predicted molar refractivity (Wildman–Crippen MR) is 56.5 cm³/mol. The molecule has 15 heavy (non-hydrogen) atoms. The minimum atomic E-state index is 0.271. The summed E-state index contributed by atoms with van der Waals surface area (Å²) in [5, 5.41) is 9.96. The van der Waals surface area contributed by atoms with Gasteiger partial charge in [-0.1, -0.05) is 5.16 Å². The van der Waals surface area contributed by atoms with Crippen molar-refractivity contribution in [3.63, 3.8) is 0 Å². The highest BCUT2D eigenvalue weighted by molar-refractivity contribution is 7.09. The number of aromatic nitrogens is 3. The fourth-order valence-corrected chi connectivity index (χ4v) is 1.91. The summed E-state index contributed by atoms with van der Waals surface area (Å²) in [7, 11) is 0. The lowest BCUT2D eigenvalue weighted by Gasteiger charge is -2.09. The molecule has 0 fully saturated rings. The molecule has 2 rings (SSSR count). The lowest BCUT2D eigenvalue weighted by molar-refractivity contribution is 0.372. The van der Waals surface area contributed by atoms with Crippen LogP contribution in [0.15, 0.2) is 22.4 Å². The van der Waals surface area contributed by atoms with E-state index in [-0.39, 0.29) is 6.04 Å². The van der Waals surface area contributed by atoms with Crippen LogP contribution in [-0.2, 0) is 6.42 Å². The molecule has 0 aromatic carbocycles. The highest BCUT2D eigenvalue weighted by Crippen LogP contribution is 2.14. The number of rotatable bonds is 5. The van der Waals surface area contributed by atoms with Crippen LogP contribution in [-0.4, -0.2) is 21.7 Å². The molecular formula is C9H12N4OS. The maximum Gasteiger partial charge on any atom is 0.227 e. The van der Waals surface area contributed by atoms with Crippen LogP contribution in [0.5, 0.6) is 0 Å². The smallest absolute Gasteiger partial charge is 0.227 e. The van der Waals surface area contributed by atoms with E-state index in [4.69, 9.17) is 4.52 Å². The summed E-state index contributed by atoms with van der Waals surface area (Å²) in [5.74, 6) is 0.661. The first-order valence-corrected chi connectivity index (χ1v) is 5.62. The second-order valence-electron chi connectivity index (χ2n) is 3.13. The summed E-state index contributed by atoms with van der Waals surface area (Å²) in [4.78, 5) is 8.18. The molecule has 0 aliphatic carbocycles. The third kappa shape index (κ3) is 2.84. The summed E-state index contributed by atoms with van der Waals surface area (Å²) in [5.41, 5.74) is 0. The van der Waals surface area contributed by atoms with Gasteiger partial charge in [-0.25, -0.2) is 4.98 Å². The van der Waals surface area contributed by atoms with Gasteiger partial charge < -0.3 is 9.84 Å². The van der Waals surface area contributed by atoms with E-state index in [0.717, 1.165) is 18.0 Å². The molecule has 1 unspecified atom stereocenters. The van der Waals surface area contributed by atoms with Gasteiger partial charge in [-0.2, -0.15) is 4.98 Å². The zero-order chi connectivity index (χ0) is 10.5. The molecule has 1 atom stereocenters. The Morgan fingerprint density at radius 2 is 2.47 bits per heavy atom. The first-order valence-electron chi connectivity index (χ1n) is 4.74. The summed E-state index contributed by atoms with van der Waals surface area (Å²) < 4.78 is 4.89. The van der Waals surface area contributed by atoms with Crippen LogP contribution in [0, 0.1) is 0 Å². The van der Waals surface area contributed by atoms with Crippen LogP contribution >= 0.6 is 11.3 Å². The van der Waals surface area contributed by atoms with Crippen molar-refractivity contribution in [3.05, 3.63) is 28.8 Å². The first-order chi connectivity index (χ1) is 7.36. The summed E-state index contributed by atoms with van der Waals surface area (Å²) in [6.07, 6.45) is 3.98. The van der Waals surface area contributed by atoms with Crippen molar-refractivity contribution in [1.29, 1.82) is 0 Å². The fourth-order valence-electron chi connectivity index (χ4n) is 1.24. The standard InChI is InChI=1S/C9H12N4OS/c1-7(9-11-4-5-15-9)10-3-2-8-12-6-13-14-8/h4-7,10H,2-3H2,1H3. The number of hydrogen-bond donors (Lipinski definition) is 1. The van der Waals surface area contributed by atoms with Crippen LogP contribution in [0.1, 0.15) is 23.9 Å². The molecule has 80 valence electrons. The zero-order valence-electron chi connectivity index (χ0n) is 8.38. The average molecular weight is 224 g/mol. The molecule has 6 heteroatoms. The quantitative estimate of drug-likeness (QED) is 0.832. The minimum Gasteiger partial charge on any atom is -0.340 e. The fraction of sp³-hybridized carbons (Fsp3) is 0.444. The molecule has 0 saturated carbocycles. The second-order valence-corrected chi connectivity index (χ2v) is 4.06. The van der Waals surface area contributed by atoms with Crippen LogP contribution in [0.2, 0.25) is 0 Å². The number of hydrogen-bond acceptors (Lipinski definition) is 6. The van der Waals surface area contributed by atoms with Crippen molar-refractivity contribution < 1.29 is 4.52 Å². The van der Waals surface area contributed by atoms with Crippen LogP contribution in [0.25, 0.3) is 0 Å². The maximum atomic E-state index is 4.89. The molecule has 0 aliphatic rings. The van der Waals surface area contributed by atoms with Gasteiger partial charge in [0.05, 0.1) is 6.04 Å². The molecule has 2 aromatic heterocycles. The van der Waals surface area contributed by atoms with Crippen LogP contribution < -0.4 is 5.32 Å². The summed E-state index contributed by atoms with van der Waals surface area (Å²) in [6, 6.07) is 0.271. The number of thiazole rings is 1. The van der Waals surface area contributed by atoms with Gasteiger partial charge in [0.1, 0.15) is 5.01 Å². The van der Waals surface area contributed by atoms with Gasteiger partial charge in [-0.15, -0.1) is 11.3 Å². The van der Waals surface area contributed by atoms with Crippen molar-refractivity contribution in [2.75, 3.05) is 6.54 Å². The topological polar surface area (TPSA) is 63.8 Å². The van der Waals surface area contributed by atoms with E-state index in [1.54, 1.807) is 11.3 Å². The van der Waals surface area contributed by atoms with E-state index in [2.05, 4.69) is 27.4 Å². The molecule has 0 saturated heterocycles. The highest BCUT2D eigenvalue weighted by atomic mass is 32.1. The molecule has 0 bridgehead atoms. The van der Waals surface area contributed by atoms with Gasteiger partial charge >= 0.3 is 0 Å². The molecule has 2 heterocycles. The van der Waals surface area contributed by atoms with Crippen molar-refractivity contribution in [2.24, 2.45) is 0 Å². The Hall–Kier alpha value is -1.27. The van der Waals surface area contributed by atoms with E-state index in [0.29, 0.717) is 5.89 Å². The van der Waals surface area contributed by atoms with Gasteiger partial charge in [0.15, 0.2) is 6.33 Å². The Kier molecular flexibility index (Phi) is 3.41. The average Bonchev–Trinajstić information content (AvgIpc) is 2.90. The Labute approximate surface area is 91.5 Å². The molecular weight excluding hydrogens is 212 g/mol. The van der Waals surface area contributed by atoms with Gasteiger partial charge in [-0.3, -0.25) is 0 Å². The maximum absolute atomic E-state index is 4.89. The largest absolute Gasteiger partial charge is 0.340 e. The van der Waals surface area contributed by atoms with Crippen molar-refractivity contribution in [3.8, 4) is 0 Å². The predicted octanol–water partition coefficient (Wildman–Crippen LogP) is 1.42. The first kappa shape index (κ1) is 10.3. The molecule has 0 aliphatic heterocycles. The van der Waals surface area contributed by atoms with E-state index in [1.165, 1.54) is 6.33 Å². The molecule has 0 radical (unpaired) electrons. The zero-order valence-corrected chi connectivity index (χ0v) is 9.20. The van der Waals surface area contributed by atoms with E-state index >= 15 is 0 Å². The number of nitrogens with one attached hydrogen (secondary N) is 1. The van der Waals surface area contributed by atoms with Crippen LogP contribution in [0.3, 0.4) is 0 Å². The lowest BCUT2D eigenvalue weighted by Crippen LogP contribution is -2.21.